The standard InChI is InChI=1S/C33H33Cl2N7O3S/c1-3-22(2)30(39-31(43)15-28-17-37-21-41(28)18-24-9-7-23(16-36)8-10-24)20-40(19-25-5-4-6-29(34)32(25)35)33(46)38-26-11-13-27(14-12-26)42(44)45/h4-14,17,21-22,30H,3,15,18-20H2,1-2H3,(H,38,46)(H,39,43)/t22-,30+/m0/s1. The maximum Gasteiger partial charge on any atom is 0.269 e. The minimum absolute atomic E-state index is 0.0307. The van der Waals surface area contributed by atoms with Crippen molar-refractivity contribution in [3.05, 3.63) is 122 Å². The van der Waals surface area contributed by atoms with Crippen molar-refractivity contribution in [3.63, 3.8) is 0 Å². The molecule has 0 unspecified atom stereocenters. The number of carbonyl (C=O) groups excluding carboxylic acids is 1. The van der Waals surface area contributed by atoms with Gasteiger partial charge in [0, 0.05) is 55.4 Å². The second-order valence-corrected chi connectivity index (χ2v) is 12.1. The van der Waals surface area contributed by atoms with Gasteiger partial charge in [-0.2, -0.15) is 5.26 Å². The minimum atomic E-state index is -0.463. The highest BCUT2D eigenvalue weighted by Crippen LogP contribution is 2.27. The normalized spacial score (nSPS) is 12.1. The van der Waals surface area contributed by atoms with Crippen molar-refractivity contribution in [1.82, 2.24) is 19.8 Å². The topological polar surface area (TPSA) is 129 Å². The van der Waals surface area contributed by atoms with Crippen molar-refractivity contribution in [1.29, 1.82) is 5.26 Å². The smallest absolute Gasteiger partial charge is 0.269 e. The van der Waals surface area contributed by atoms with Gasteiger partial charge in [-0.1, -0.05) is 67.7 Å². The van der Waals surface area contributed by atoms with Gasteiger partial charge in [-0.3, -0.25) is 14.9 Å². The van der Waals surface area contributed by atoms with Crippen LogP contribution in [-0.4, -0.2) is 43.0 Å². The third kappa shape index (κ3) is 9.26. The lowest BCUT2D eigenvalue weighted by molar-refractivity contribution is -0.384. The Kier molecular flexibility index (Phi) is 12.1. The van der Waals surface area contributed by atoms with Gasteiger partial charge >= 0.3 is 0 Å². The van der Waals surface area contributed by atoms with E-state index in [0.29, 0.717) is 46.0 Å². The molecule has 0 bridgehead atoms. The molecule has 4 rings (SSSR count). The summed E-state index contributed by atoms with van der Waals surface area (Å²) in [6.45, 7) is 5.30. The number of nitriles is 1. The number of hydrogen-bond acceptors (Lipinski definition) is 6. The Bertz CT molecular complexity index is 1720. The fourth-order valence-corrected chi connectivity index (χ4v) is 5.43. The van der Waals surface area contributed by atoms with E-state index in [1.54, 1.807) is 42.9 Å². The van der Waals surface area contributed by atoms with E-state index in [4.69, 9.17) is 40.7 Å². The summed E-state index contributed by atoms with van der Waals surface area (Å²) in [7, 11) is 0. The molecule has 4 aromatic rings. The molecule has 10 nitrogen and oxygen atoms in total. The Morgan fingerprint density at radius 2 is 1.87 bits per heavy atom. The first-order valence-electron chi connectivity index (χ1n) is 14.6. The maximum absolute atomic E-state index is 13.5. The monoisotopic (exact) mass is 677 g/mol. The summed E-state index contributed by atoms with van der Waals surface area (Å²) in [4.78, 5) is 30.3. The van der Waals surface area contributed by atoms with E-state index >= 15 is 0 Å². The number of aromatic nitrogens is 2. The number of hydrogen-bond donors (Lipinski definition) is 2. The summed E-state index contributed by atoms with van der Waals surface area (Å²) in [5.41, 5.74) is 3.62. The zero-order valence-electron chi connectivity index (χ0n) is 25.3. The number of non-ortho nitro benzene ring substituents is 1. The van der Waals surface area contributed by atoms with Gasteiger partial charge in [0.25, 0.3) is 5.69 Å². The van der Waals surface area contributed by atoms with Crippen LogP contribution >= 0.6 is 35.4 Å². The molecular formula is C33H33Cl2N7O3S. The Morgan fingerprint density at radius 1 is 1.15 bits per heavy atom. The number of amides is 1. The number of benzene rings is 3. The Labute approximate surface area is 283 Å². The molecule has 0 fully saturated rings. The molecule has 1 heterocycles. The number of nitro groups is 1. The molecule has 1 amide bonds. The largest absolute Gasteiger partial charge is 0.351 e. The number of nitrogens with zero attached hydrogens (tertiary/aromatic N) is 5. The SMILES string of the molecule is CC[C@H](C)[C@@H](CN(Cc1cccc(Cl)c1Cl)C(=S)Nc1ccc([N+](=O)[O-])cc1)NC(=O)Cc1cncn1Cc1ccc(C#N)cc1. The number of thiocarbonyl (C=S) groups is 1. The second-order valence-electron chi connectivity index (χ2n) is 10.9. The molecule has 0 aliphatic rings. The molecule has 0 aliphatic carbocycles. The van der Waals surface area contributed by atoms with Crippen molar-refractivity contribution in [2.75, 3.05) is 11.9 Å². The van der Waals surface area contributed by atoms with Crippen LogP contribution in [0.5, 0.6) is 0 Å². The second kappa shape index (κ2) is 16.2. The molecule has 0 radical (unpaired) electrons. The molecule has 2 atom stereocenters. The molecule has 2 N–H and O–H groups in total. The molecule has 0 spiro atoms. The van der Waals surface area contributed by atoms with Crippen molar-refractivity contribution < 1.29 is 9.72 Å². The van der Waals surface area contributed by atoms with Crippen LogP contribution in [0.3, 0.4) is 0 Å². The van der Waals surface area contributed by atoms with Gasteiger partial charge < -0.3 is 20.1 Å². The third-order valence-corrected chi connectivity index (χ3v) is 8.90. The number of nitrogens with one attached hydrogen (secondary N) is 2. The highest BCUT2D eigenvalue weighted by Gasteiger charge is 2.25. The van der Waals surface area contributed by atoms with Gasteiger partial charge in [0.1, 0.15) is 0 Å². The van der Waals surface area contributed by atoms with Crippen molar-refractivity contribution in [2.24, 2.45) is 5.92 Å². The molecular weight excluding hydrogens is 645 g/mol. The average Bonchev–Trinajstić information content (AvgIpc) is 3.48. The zero-order valence-corrected chi connectivity index (χ0v) is 27.6. The number of carbonyl (C=O) groups is 1. The van der Waals surface area contributed by atoms with E-state index in [-0.39, 0.29) is 30.0 Å². The van der Waals surface area contributed by atoms with Crippen LogP contribution < -0.4 is 10.6 Å². The van der Waals surface area contributed by atoms with Crippen molar-refractivity contribution in [2.45, 2.75) is 45.8 Å². The first-order chi connectivity index (χ1) is 22.1. The molecule has 3 aromatic carbocycles. The quantitative estimate of drug-likeness (QED) is 0.0880. The van der Waals surface area contributed by atoms with E-state index in [1.165, 1.54) is 12.1 Å². The summed E-state index contributed by atoms with van der Waals surface area (Å²) in [5, 5.41) is 27.7. The van der Waals surface area contributed by atoms with Crippen molar-refractivity contribution in [3.8, 4) is 6.07 Å². The van der Waals surface area contributed by atoms with Crippen LogP contribution in [0.25, 0.3) is 0 Å². The predicted molar refractivity (Wildman–Crippen MR) is 184 cm³/mol. The van der Waals surface area contributed by atoms with Crippen LogP contribution in [-0.2, 0) is 24.3 Å². The molecule has 238 valence electrons. The van der Waals surface area contributed by atoms with Gasteiger partial charge in [0.2, 0.25) is 5.91 Å². The molecule has 0 aliphatic heterocycles. The Hall–Kier alpha value is -4.50. The van der Waals surface area contributed by atoms with Gasteiger partial charge in [-0.05, 0) is 59.6 Å². The summed E-state index contributed by atoms with van der Waals surface area (Å²) >= 11 is 18.7. The van der Waals surface area contributed by atoms with Crippen LogP contribution in [0.1, 0.15) is 42.7 Å². The summed E-state index contributed by atoms with van der Waals surface area (Å²) in [5.74, 6) is -0.0751. The van der Waals surface area contributed by atoms with Crippen LogP contribution in [0.15, 0.2) is 79.3 Å². The molecule has 0 saturated carbocycles. The van der Waals surface area contributed by atoms with E-state index in [2.05, 4.69) is 35.5 Å². The molecule has 1 aromatic heterocycles. The average molecular weight is 679 g/mol. The summed E-state index contributed by atoms with van der Waals surface area (Å²) in [6, 6.07) is 20.5. The minimum Gasteiger partial charge on any atom is -0.351 e. The Morgan fingerprint density at radius 3 is 2.52 bits per heavy atom. The summed E-state index contributed by atoms with van der Waals surface area (Å²) in [6.07, 6.45) is 4.29. The Balaban J connectivity index is 1.52. The van der Waals surface area contributed by atoms with Gasteiger partial charge in [0.05, 0.1) is 39.3 Å². The van der Waals surface area contributed by atoms with E-state index in [0.717, 1.165) is 23.2 Å². The number of halogens is 2. The van der Waals surface area contributed by atoms with Gasteiger partial charge in [-0.15, -0.1) is 0 Å². The summed E-state index contributed by atoms with van der Waals surface area (Å²) < 4.78 is 1.91. The first kappa shape index (κ1) is 34.4. The molecule has 0 saturated heterocycles. The fourth-order valence-electron chi connectivity index (χ4n) is 4.80. The number of rotatable bonds is 13. The van der Waals surface area contributed by atoms with Crippen LogP contribution in [0.4, 0.5) is 11.4 Å². The number of anilines is 1. The highest BCUT2D eigenvalue weighted by molar-refractivity contribution is 7.80. The van der Waals surface area contributed by atoms with Gasteiger partial charge in [-0.25, -0.2) is 4.98 Å². The number of nitro benzene ring substituents is 1. The highest BCUT2D eigenvalue weighted by atomic mass is 35.5. The lowest BCUT2D eigenvalue weighted by Gasteiger charge is -2.33. The van der Waals surface area contributed by atoms with Crippen LogP contribution in [0, 0.1) is 27.4 Å². The zero-order chi connectivity index (χ0) is 33.2. The van der Waals surface area contributed by atoms with Crippen molar-refractivity contribution >= 4 is 57.8 Å². The van der Waals surface area contributed by atoms with E-state index < -0.39 is 4.92 Å². The first-order valence-corrected chi connectivity index (χ1v) is 15.7. The lowest BCUT2D eigenvalue weighted by atomic mass is 9.98. The van der Waals surface area contributed by atoms with Gasteiger partial charge in [0.15, 0.2) is 5.11 Å². The maximum atomic E-state index is 13.5. The third-order valence-electron chi connectivity index (χ3n) is 7.68. The number of imidazole rings is 1. The molecule has 13 heteroatoms. The van der Waals surface area contributed by atoms with E-state index in [9.17, 15) is 14.9 Å². The predicted octanol–water partition coefficient (Wildman–Crippen LogP) is 6.99. The fraction of sp³-hybridized carbons (Fsp3) is 0.273. The molecule has 46 heavy (non-hydrogen) atoms. The van der Waals surface area contributed by atoms with E-state index in [1.807, 2.05) is 33.7 Å². The van der Waals surface area contributed by atoms with Crippen LogP contribution in [0.2, 0.25) is 10.0 Å². The lowest BCUT2D eigenvalue weighted by Crippen LogP contribution is -2.50.